The molecular weight excluding hydrogens is 242 g/mol. The summed E-state index contributed by atoms with van der Waals surface area (Å²) < 4.78 is 4.77. The first kappa shape index (κ1) is 13.3. The van der Waals surface area contributed by atoms with Crippen molar-refractivity contribution in [2.24, 2.45) is 0 Å². The third-order valence-electron chi connectivity index (χ3n) is 3.47. The average Bonchev–Trinajstić information content (AvgIpc) is 2.40. The van der Waals surface area contributed by atoms with Gasteiger partial charge in [-0.25, -0.2) is 0 Å². The second kappa shape index (κ2) is 4.88. The molecule has 2 rings (SSSR count). The topological polar surface area (TPSA) is 59.2 Å². The minimum absolute atomic E-state index is 0.202. The first-order valence-electron chi connectivity index (χ1n) is 6.16. The molecule has 0 radical (unpaired) electrons. The number of nitrogens with one attached hydrogen (secondary N) is 1. The monoisotopic (exact) mass is 259 g/mol. The molecule has 1 atom stereocenters. The van der Waals surface area contributed by atoms with Crippen molar-refractivity contribution in [3.8, 4) is 0 Å². The molecule has 1 heterocycles. The normalized spacial score (nSPS) is 12.4. The molecule has 0 saturated heterocycles. The van der Waals surface area contributed by atoms with E-state index in [2.05, 4.69) is 4.98 Å². The molecule has 0 aliphatic heterocycles. The minimum atomic E-state index is -0.463. The number of hydrogen-bond donors (Lipinski definition) is 1. The summed E-state index contributed by atoms with van der Waals surface area (Å²) in [5.74, 6) is -0.803. The van der Waals surface area contributed by atoms with Crippen LogP contribution in [0.5, 0.6) is 0 Å². The highest BCUT2D eigenvalue weighted by atomic mass is 16.5. The van der Waals surface area contributed by atoms with Crippen molar-refractivity contribution < 1.29 is 9.53 Å². The Morgan fingerprint density at radius 2 is 1.89 bits per heavy atom. The maximum absolute atomic E-state index is 11.8. The van der Waals surface area contributed by atoms with Crippen molar-refractivity contribution in [1.29, 1.82) is 0 Å². The van der Waals surface area contributed by atoms with Crippen LogP contribution in [0.1, 0.15) is 29.5 Å². The van der Waals surface area contributed by atoms with Gasteiger partial charge in [-0.05, 0) is 37.5 Å². The summed E-state index contributed by atoms with van der Waals surface area (Å²) in [6, 6.07) is 5.43. The quantitative estimate of drug-likeness (QED) is 0.843. The summed E-state index contributed by atoms with van der Waals surface area (Å²) in [4.78, 5) is 26.3. The number of aromatic nitrogens is 1. The molecular formula is C15H17NO3. The molecule has 1 aromatic carbocycles. The molecule has 0 bridgehead atoms. The summed E-state index contributed by atoms with van der Waals surface area (Å²) in [6.45, 7) is 5.65. The molecule has 4 nitrogen and oxygen atoms in total. The molecule has 0 amide bonds. The van der Waals surface area contributed by atoms with Crippen LogP contribution in [0.15, 0.2) is 23.0 Å². The van der Waals surface area contributed by atoms with Crippen LogP contribution in [0.4, 0.5) is 0 Å². The number of pyridine rings is 1. The number of carbonyl (C=O) groups is 1. The van der Waals surface area contributed by atoms with Crippen LogP contribution in [-0.4, -0.2) is 18.1 Å². The Hall–Kier alpha value is -2.10. The highest BCUT2D eigenvalue weighted by Gasteiger charge is 2.20. The van der Waals surface area contributed by atoms with Gasteiger partial charge < -0.3 is 9.72 Å². The van der Waals surface area contributed by atoms with Crippen LogP contribution in [0.3, 0.4) is 0 Å². The lowest BCUT2D eigenvalue weighted by Gasteiger charge is -2.15. The van der Waals surface area contributed by atoms with E-state index < -0.39 is 5.92 Å². The van der Waals surface area contributed by atoms with E-state index in [4.69, 9.17) is 4.74 Å². The van der Waals surface area contributed by atoms with Crippen molar-refractivity contribution in [3.05, 3.63) is 45.2 Å². The number of H-pyrrole nitrogens is 1. The molecule has 0 aliphatic rings. The maximum atomic E-state index is 11.8. The Kier molecular flexibility index (Phi) is 3.42. The molecule has 4 heteroatoms. The van der Waals surface area contributed by atoms with Crippen molar-refractivity contribution in [1.82, 2.24) is 4.98 Å². The maximum Gasteiger partial charge on any atom is 0.312 e. The van der Waals surface area contributed by atoms with Crippen LogP contribution >= 0.6 is 0 Å². The Morgan fingerprint density at radius 1 is 1.26 bits per heavy atom. The van der Waals surface area contributed by atoms with E-state index in [1.165, 1.54) is 13.2 Å². The van der Waals surface area contributed by atoms with Crippen molar-refractivity contribution in [2.75, 3.05) is 7.11 Å². The van der Waals surface area contributed by atoms with Gasteiger partial charge in [-0.1, -0.05) is 12.1 Å². The van der Waals surface area contributed by atoms with Crippen LogP contribution in [0, 0.1) is 13.8 Å². The fraction of sp³-hybridized carbons (Fsp3) is 0.333. The minimum Gasteiger partial charge on any atom is -0.469 e. The Balaban J connectivity index is 2.84. The lowest BCUT2D eigenvalue weighted by Crippen LogP contribution is -2.16. The molecule has 0 saturated carbocycles. The van der Waals surface area contributed by atoms with E-state index in [1.807, 2.05) is 26.0 Å². The summed E-state index contributed by atoms with van der Waals surface area (Å²) >= 11 is 0. The van der Waals surface area contributed by atoms with E-state index in [9.17, 15) is 9.59 Å². The van der Waals surface area contributed by atoms with Crippen LogP contribution in [-0.2, 0) is 9.53 Å². The second-order valence-corrected chi connectivity index (χ2v) is 4.78. The fourth-order valence-electron chi connectivity index (χ4n) is 2.36. The lowest BCUT2D eigenvalue weighted by atomic mass is 9.93. The second-order valence-electron chi connectivity index (χ2n) is 4.78. The van der Waals surface area contributed by atoms with E-state index in [0.29, 0.717) is 5.56 Å². The molecule has 2 aromatic rings. The summed E-state index contributed by atoms with van der Waals surface area (Å²) in [5.41, 5.74) is 3.32. The highest BCUT2D eigenvalue weighted by Crippen LogP contribution is 2.28. The van der Waals surface area contributed by atoms with Crippen molar-refractivity contribution in [3.63, 3.8) is 0 Å². The standard InChI is InChI=1S/C15H17NO3/c1-8-5-6-9(2)14-13(8)11(7-12(17)16-14)10(3)15(18)19-4/h5-7,10H,1-4H3,(H,16,17). The predicted molar refractivity (Wildman–Crippen MR) is 74.5 cm³/mol. The number of methoxy groups -OCH3 is 1. The average molecular weight is 259 g/mol. The zero-order chi connectivity index (χ0) is 14.2. The van der Waals surface area contributed by atoms with E-state index in [1.54, 1.807) is 6.92 Å². The third-order valence-corrected chi connectivity index (χ3v) is 3.47. The van der Waals surface area contributed by atoms with Crippen molar-refractivity contribution in [2.45, 2.75) is 26.7 Å². The summed E-state index contributed by atoms with van der Waals surface area (Å²) in [6.07, 6.45) is 0. The lowest BCUT2D eigenvalue weighted by molar-refractivity contribution is -0.141. The van der Waals surface area contributed by atoms with Crippen LogP contribution in [0.2, 0.25) is 0 Å². The van der Waals surface area contributed by atoms with Crippen LogP contribution < -0.4 is 5.56 Å². The number of aryl methyl sites for hydroxylation is 2. The van der Waals surface area contributed by atoms with Gasteiger partial charge in [0.15, 0.2) is 0 Å². The number of ether oxygens (including phenoxy) is 1. The predicted octanol–water partition coefficient (Wildman–Crippen LogP) is 2.42. The summed E-state index contributed by atoms with van der Waals surface area (Å²) in [5, 5.41) is 0.928. The Labute approximate surface area is 111 Å². The third kappa shape index (κ3) is 2.26. The van der Waals surface area contributed by atoms with Gasteiger partial charge in [0, 0.05) is 11.5 Å². The number of hydrogen-bond acceptors (Lipinski definition) is 3. The molecule has 0 aliphatic carbocycles. The van der Waals surface area contributed by atoms with E-state index in [-0.39, 0.29) is 11.5 Å². The number of esters is 1. The molecule has 0 fully saturated rings. The number of carbonyl (C=O) groups excluding carboxylic acids is 1. The molecule has 1 aromatic heterocycles. The van der Waals surface area contributed by atoms with Gasteiger partial charge in [0.2, 0.25) is 5.56 Å². The summed E-state index contributed by atoms with van der Waals surface area (Å²) in [7, 11) is 1.35. The molecule has 0 spiro atoms. The van der Waals surface area contributed by atoms with Gasteiger partial charge in [-0.3, -0.25) is 9.59 Å². The van der Waals surface area contributed by atoms with E-state index in [0.717, 1.165) is 22.0 Å². The number of fused-ring (bicyclic) bond motifs is 1. The number of benzene rings is 1. The van der Waals surface area contributed by atoms with Gasteiger partial charge in [-0.2, -0.15) is 0 Å². The number of rotatable bonds is 2. The molecule has 1 unspecified atom stereocenters. The Bertz CT molecular complexity index is 700. The van der Waals surface area contributed by atoms with Gasteiger partial charge in [0.25, 0.3) is 0 Å². The molecule has 100 valence electrons. The van der Waals surface area contributed by atoms with Gasteiger partial charge >= 0.3 is 5.97 Å². The smallest absolute Gasteiger partial charge is 0.312 e. The zero-order valence-corrected chi connectivity index (χ0v) is 11.5. The van der Waals surface area contributed by atoms with Crippen LogP contribution in [0.25, 0.3) is 10.9 Å². The number of aromatic amines is 1. The zero-order valence-electron chi connectivity index (χ0n) is 11.5. The largest absolute Gasteiger partial charge is 0.469 e. The van der Waals surface area contributed by atoms with E-state index >= 15 is 0 Å². The first-order chi connectivity index (χ1) is 8.95. The Morgan fingerprint density at radius 3 is 2.53 bits per heavy atom. The van der Waals surface area contributed by atoms with Gasteiger partial charge in [-0.15, -0.1) is 0 Å². The fourth-order valence-corrected chi connectivity index (χ4v) is 2.36. The SMILES string of the molecule is COC(=O)C(C)c1cc(=O)[nH]c2c(C)ccc(C)c12. The molecule has 19 heavy (non-hydrogen) atoms. The van der Waals surface area contributed by atoms with Crippen molar-refractivity contribution >= 4 is 16.9 Å². The van der Waals surface area contributed by atoms with Gasteiger partial charge in [0.1, 0.15) is 0 Å². The van der Waals surface area contributed by atoms with Gasteiger partial charge in [0.05, 0.1) is 18.5 Å². The first-order valence-corrected chi connectivity index (χ1v) is 6.16. The molecule has 1 N–H and O–H groups in total. The highest BCUT2D eigenvalue weighted by molar-refractivity contribution is 5.92.